The van der Waals surface area contributed by atoms with Gasteiger partial charge in [0.25, 0.3) is 17.7 Å². The van der Waals surface area contributed by atoms with E-state index in [4.69, 9.17) is 10.2 Å². The summed E-state index contributed by atoms with van der Waals surface area (Å²) in [4.78, 5) is 88.1. The number of piperidine rings is 1. The Kier molecular flexibility index (Phi) is 20.9. The van der Waals surface area contributed by atoms with Gasteiger partial charge in [0.2, 0.25) is 11.8 Å². The standard InChI is InChI=1S/C19H15NO3.C16H18N4O4.C8H8O.C5H5N.C2H7N/c21-13-12-20(19(22)18-7-4-14-23-18)17-10-8-16(9-11-17)15-5-2-1-3-6-15;17-7-2-8-18-10-4-1-3-9-13(10)16(24)20(15(9)23)11-5-6-12(21)19-14(11)22;9-7-6-8-4-2-1-3-5-8;1-2-4-6-5-3-1;1-3-2/h1-11,13-14H,12H2;1,3-4,11,18H,2,5-8,17H2,(H,19,21,22);1-5,7H,6H2;1-5H;3H,1-2H3. The normalized spacial score (nSPS) is 13.3. The second kappa shape index (κ2) is 27.2. The smallest absolute Gasteiger partial charge is 0.294 e. The molecule has 2 aliphatic rings. The van der Waals surface area contributed by atoms with Gasteiger partial charge in [-0.15, -0.1) is 0 Å². The van der Waals surface area contributed by atoms with Gasteiger partial charge in [0, 0.05) is 43.2 Å². The van der Waals surface area contributed by atoms with Gasteiger partial charge in [-0.05, 0) is 98.7 Å². The van der Waals surface area contributed by atoms with Crippen LogP contribution >= 0.6 is 0 Å². The third-order valence-electron chi connectivity index (χ3n) is 9.41. The molecule has 2 aliphatic heterocycles. The lowest BCUT2D eigenvalue weighted by Gasteiger charge is -2.27. The summed E-state index contributed by atoms with van der Waals surface area (Å²) in [5.41, 5.74) is 10.4. The predicted octanol–water partition coefficient (Wildman–Crippen LogP) is 5.99. The fourth-order valence-electron chi connectivity index (χ4n) is 6.39. The Morgan fingerprint density at radius 3 is 2.00 bits per heavy atom. The van der Waals surface area contributed by atoms with Crippen LogP contribution in [0.2, 0.25) is 0 Å². The van der Waals surface area contributed by atoms with Gasteiger partial charge in [0.1, 0.15) is 18.6 Å². The number of furan rings is 1. The average molecular weight is 880 g/mol. The van der Waals surface area contributed by atoms with E-state index in [1.54, 1.807) is 42.7 Å². The number of rotatable bonds is 12. The highest BCUT2D eigenvalue weighted by molar-refractivity contribution is 6.25. The summed E-state index contributed by atoms with van der Waals surface area (Å²) < 4.78 is 5.13. The number of benzene rings is 4. The Morgan fingerprint density at radius 2 is 1.45 bits per heavy atom. The Morgan fingerprint density at radius 1 is 0.800 bits per heavy atom. The van der Waals surface area contributed by atoms with E-state index in [2.05, 4.69) is 20.9 Å². The minimum atomic E-state index is -0.952. The van der Waals surface area contributed by atoms with E-state index in [1.807, 2.05) is 117 Å². The molecule has 1 unspecified atom stereocenters. The zero-order valence-electron chi connectivity index (χ0n) is 36.3. The molecule has 0 spiro atoms. The number of nitrogens with two attached hydrogens (primary N) is 1. The minimum Gasteiger partial charge on any atom is -0.459 e. The maximum absolute atomic E-state index is 12.8. The fraction of sp³-hybridized carbons (Fsp3) is 0.200. The summed E-state index contributed by atoms with van der Waals surface area (Å²) in [6.07, 6.45) is 8.05. The van der Waals surface area contributed by atoms with Gasteiger partial charge in [-0.25, -0.2) is 0 Å². The molecule has 4 heterocycles. The number of imide groups is 2. The highest BCUT2D eigenvalue weighted by Gasteiger charge is 2.45. The third-order valence-corrected chi connectivity index (χ3v) is 9.41. The zero-order valence-corrected chi connectivity index (χ0v) is 36.3. The number of amides is 5. The summed E-state index contributed by atoms with van der Waals surface area (Å²) in [7, 11) is 3.75. The van der Waals surface area contributed by atoms with Gasteiger partial charge >= 0.3 is 0 Å². The van der Waals surface area contributed by atoms with Crippen LogP contribution in [-0.4, -0.2) is 91.8 Å². The minimum absolute atomic E-state index is 0.0236. The van der Waals surface area contributed by atoms with E-state index in [1.165, 1.54) is 11.2 Å². The number of aldehydes is 2. The number of fused-ring (bicyclic) bond motifs is 1. The van der Waals surface area contributed by atoms with Crippen LogP contribution in [0.4, 0.5) is 11.4 Å². The number of hydrogen-bond donors (Lipinski definition) is 4. The van der Waals surface area contributed by atoms with Crippen molar-refractivity contribution in [3.63, 3.8) is 0 Å². The molecule has 15 heteroatoms. The van der Waals surface area contributed by atoms with Crippen molar-refractivity contribution in [1.82, 2.24) is 20.5 Å². The first-order valence-corrected chi connectivity index (χ1v) is 20.8. The lowest BCUT2D eigenvalue weighted by atomic mass is 10.0. The molecule has 6 aromatic rings. The third kappa shape index (κ3) is 14.9. The van der Waals surface area contributed by atoms with Gasteiger partial charge in [0.15, 0.2) is 5.76 Å². The summed E-state index contributed by atoms with van der Waals surface area (Å²) in [6.45, 7) is 1.06. The first-order chi connectivity index (χ1) is 31.7. The Labute approximate surface area is 378 Å². The van der Waals surface area contributed by atoms with Crippen LogP contribution < -0.4 is 26.6 Å². The first-order valence-electron chi connectivity index (χ1n) is 20.8. The van der Waals surface area contributed by atoms with Crippen molar-refractivity contribution in [2.75, 3.05) is 43.9 Å². The zero-order chi connectivity index (χ0) is 46.8. The molecule has 65 heavy (non-hydrogen) atoms. The molecule has 1 fully saturated rings. The molecule has 1 saturated heterocycles. The molecule has 1 atom stereocenters. The summed E-state index contributed by atoms with van der Waals surface area (Å²) in [5, 5.41) is 8.03. The largest absolute Gasteiger partial charge is 0.459 e. The number of pyridine rings is 1. The number of carbonyl (C=O) groups excluding carboxylic acids is 7. The van der Waals surface area contributed by atoms with E-state index < -0.39 is 29.7 Å². The van der Waals surface area contributed by atoms with Crippen molar-refractivity contribution in [1.29, 1.82) is 0 Å². The second-order valence-electron chi connectivity index (χ2n) is 14.1. The van der Waals surface area contributed by atoms with E-state index in [-0.39, 0.29) is 42.2 Å². The Bertz CT molecular complexity index is 2390. The molecule has 0 radical (unpaired) electrons. The molecule has 5 amide bonds. The molecule has 15 nitrogen and oxygen atoms in total. The van der Waals surface area contributed by atoms with Crippen LogP contribution in [0.3, 0.4) is 0 Å². The Hall–Kier alpha value is -7.88. The highest BCUT2D eigenvalue weighted by atomic mass is 16.3. The molecule has 8 rings (SSSR count). The van der Waals surface area contributed by atoms with E-state index >= 15 is 0 Å². The van der Waals surface area contributed by atoms with Crippen LogP contribution in [0, 0.1) is 0 Å². The fourth-order valence-corrected chi connectivity index (χ4v) is 6.39. The highest BCUT2D eigenvalue weighted by Crippen LogP contribution is 2.32. The van der Waals surface area contributed by atoms with Crippen molar-refractivity contribution < 1.29 is 38.0 Å². The molecular formula is C50H53N7O8. The van der Waals surface area contributed by atoms with E-state index in [9.17, 15) is 33.6 Å². The van der Waals surface area contributed by atoms with E-state index in [0.29, 0.717) is 37.2 Å². The Balaban J connectivity index is 0.000000207. The molecule has 0 bridgehead atoms. The molecule has 2 aromatic heterocycles. The maximum atomic E-state index is 12.8. The molecule has 4 aromatic carbocycles. The van der Waals surface area contributed by atoms with Crippen molar-refractivity contribution in [3.8, 4) is 11.1 Å². The topological polar surface area (TPSA) is 214 Å². The molecule has 336 valence electrons. The molecule has 0 saturated carbocycles. The second-order valence-corrected chi connectivity index (χ2v) is 14.1. The van der Waals surface area contributed by atoms with Gasteiger partial charge < -0.3 is 30.4 Å². The van der Waals surface area contributed by atoms with Crippen molar-refractivity contribution in [2.45, 2.75) is 31.7 Å². The monoisotopic (exact) mass is 879 g/mol. The number of hydrogen-bond acceptors (Lipinski definition) is 12. The van der Waals surface area contributed by atoms with Gasteiger partial charge in [-0.1, -0.05) is 84.9 Å². The maximum Gasteiger partial charge on any atom is 0.294 e. The summed E-state index contributed by atoms with van der Waals surface area (Å²) in [5.74, 6) is -2.16. The number of anilines is 2. The number of nitrogens with one attached hydrogen (secondary N) is 3. The van der Waals surface area contributed by atoms with E-state index in [0.717, 1.165) is 34.3 Å². The first kappa shape index (κ1) is 49.8. The van der Waals surface area contributed by atoms with Crippen LogP contribution in [0.1, 0.15) is 56.1 Å². The number of nitrogens with zero attached hydrogens (tertiary/aromatic N) is 3. The lowest BCUT2D eigenvalue weighted by Crippen LogP contribution is -2.54. The lowest BCUT2D eigenvalue weighted by molar-refractivity contribution is -0.136. The summed E-state index contributed by atoms with van der Waals surface area (Å²) >= 11 is 0. The molecular weight excluding hydrogens is 827 g/mol. The number of aromatic nitrogens is 1. The quantitative estimate of drug-likeness (QED) is 0.0635. The predicted molar refractivity (Wildman–Crippen MR) is 249 cm³/mol. The van der Waals surface area contributed by atoms with Gasteiger partial charge in [0.05, 0.1) is 23.9 Å². The van der Waals surface area contributed by atoms with Crippen LogP contribution in [0.15, 0.2) is 157 Å². The molecule has 0 aliphatic carbocycles. The van der Waals surface area contributed by atoms with Gasteiger partial charge in [-0.2, -0.15) is 0 Å². The van der Waals surface area contributed by atoms with Crippen LogP contribution in [0.25, 0.3) is 11.1 Å². The van der Waals surface area contributed by atoms with Crippen molar-refractivity contribution in [3.05, 3.63) is 175 Å². The van der Waals surface area contributed by atoms with Crippen molar-refractivity contribution in [2.24, 2.45) is 5.73 Å². The SMILES string of the molecule is CNC.NCCCNc1cccc2c1C(=O)N(C1CCC(=O)NC1=O)C2=O.O=CCN(C(=O)c1ccco1)c1ccc(-c2ccccc2)cc1.O=CCc1ccccc1.c1ccncc1. The average Bonchev–Trinajstić information content (AvgIpc) is 3.97. The van der Waals surface area contributed by atoms with Crippen LogP contribution in [0.5, 0.6) is 0 Å². The van der Waals surface area contributed by atoms with Crippen molar-refractivity contribution >= 4 is 53.5 Å². The summed E-state index contributed by atoms with van der Waals surface area (Å²) in [6, 6.07) is 40.1. The van der Waals surface area contributed by atoms with Crippen LogP contribution in [-0.2, 0) is 25.6 Å². The number of carbonyl (C=O) groups is 7. The van der Waals surface area contributed by atoms with Gasteiger partial charge in [-0.3, -0.25) is 44.1 Å². The molecule has 5 N–H and O–H groups in total.